The monoisotopic (exact) mass is 366 g/mol. The second-order valence-corrected chi connectivity index (χ2v) is 6.90. The molecule has 0 bridgehead atoms. The zero-order valence-corrected chi connectivity index (χ0v) is 14.5. The second-order valence-electron chi connectivity index (χ2n) is 5.81. The molecular formula is C19H15FN4OS. The van der Waals surface area contributed by atoms with E-state index in [0.29, 0.717) is 11.4 Å². The first-order valence-corrected chi connectivity index (χ1v) is 8.90. The lowest BCUT2D eigenvalue weighted by molar-refractivity contribution is 0.0935. The molecule has 0 saturated carbocycles. The van der Waals surface area contributed by atoms with Gasteiger partial charge in [-0.3, -0.25) is 4.79 Å². The van der Waals surface area contributed by atoms with Gasteiger partial charge in [0, 0.05) is 4.70 Å². The summed E-state index contributed by atoms with van der Waals surface area (Å²) in [7, 11) is 0. The third-order valence-corrected chi connectivity index (χ3v) is 5.14. The molecule has 2 aromatic carbocycles. The van der Waals surface area contributed by atoms with Gasteiger partial charge in [-0.15, -0.1) is 11.3 Å². The number of rotatable bonds is 5. The van der Waals surface area contributed by atoms with E-state index in [2.05, 4.69) is 15.5 Å². The minimum absolute atomic E-state index is 0.201. The molecule has 2 aromatic heterocycles. The Kier molecular flexibility index (Phi) is 4.45. The Hall–Kier alpha value is -3.06. The van der Waals surface area contributed by atoms with E-state index in [4.69, 9.17) is 0 Å². The first-order chi connectivity index (χ1) is 12.7. The maximum absolute atomic E-state index is 13.4. The topological polar surface area (TPSA) is 59.8 Å². The normalized spacial score (nSPS) is 12.2. The third kappa shape index (κ3) is 3.48. The fourth-order valence-corrected chi connectivity index (χ4v) is 3.72. The lowest BCUT2D eigenvalue weighted by Gasteiger charge is -2.18. The molecule has 7 heteroatoms. The number of carbonyl (C=O) groups is 1. The van der Waals surface area contributed by atoms with Gasteiger partial charge in [0.1, 0.15) is 5.82 Å². The van der Waals surface area contributed by atoms with Crippen LogP contribution in [0.15, 0.2) is 67.0 Å². The highest BCUT2D eigenvalue weighted by molar-refractivity contribution is 7.20. The number of thiophene rings is 1. The van der Waals surface area contributed by atoms with Crippen molar-refractivity contribution in [1.29, 1.82) is 0 Å². The van der Waals surface area contributed by atoms with Gasteiger partial charge in [-0.25, -0.2) is 4.39 Å². The molecule has 0 saturated heterocycles. The summed E-state index contributed by atoms with van der Waals surface area (Å²) in [6.45, 7) is 0.419. The molecule has 4 aromatic rings. The van der Waals surface area contributed by atoms with Gasteiger partial charge in [-0.05, 0) is 35.2 Å². The summed E-state index contributed by atoms with van der Waals surface area (Å²) in [6, 6.07) is 15.6. The molecule has 0 aliphatic rings. The first-order valence-electron chi connectivity index (χ1n) is 8.08. The van der Waals surface area contributed by atoms with Crippen LogP contribution in [0.25, 0.3) is 10.1 Å². The van der Waals surface area contributed by atoms with Gasteiger partial charge in [0.05, 0.1) is 29.9 Å². The van der Waals surface area contributed by atoms with Crippen LogP contribution in [-0.4, -0.2) is 20.9 Å². The van der Waals surface area contributed by atoms with Crippen LogP contribution >= 0.6 is 11.3 Å². The van der Waals surface area contributed by atoms with E-state index in [9.17, 15) is 9.18 Å². The van der Waals surface area contributed by atoms with Gasteiger partial charge in [0.25, 0.3) is 5.91 Å². The van der Waals surface area contributed by atoms with Crippen LogP contribution in [0.4, 0.5) is 4.39 Å². The van der Waals surface area contributed by atoms with Gasteiger partial charge in [0.15, 0.2) is 0 Å². The molecule has 0 aliphatic carbocycles. The Morgan fingerprint density at radius 2 is 1.88 bits per heavy atom. The van der Waals surface area contributed by atoms with Crippen molar-refractivity contribution in [2.24, 2.45) is 0 Å². The van der Waals surface area contributed by atoms with E-state index < -0.39 is 0 Å². The quantitative estimate of drug-likeness (QED) is 0.584. The number of nitrogens with zero attached hydrogens (tertiary/aromatic N) is 3. The van der Waals surface area contributed by atoms with Gasteiger partial charge in [-0.1, -0.05) is 30.3 Å². The summed E-state index contributed by atoms with van der Waals surface area (Å²) in [5, 5.41) is 12.0. The van der Waals surface area contributed by atoms with Gasteiger partial charge >= 0.3 is 0 Å². The van der Waals surface area contributed by atoms with Crippen LogP contribution in [0.2, 0.25) is 0 Å². The molecule has 1 unspecified atom stereocenters. The number of hydrogen-bond donors (Lipinski definition) is 1. The van der Waals surface area contributed by atoms with Crippen LogP contribution in [0.5, 0.6) is 0 Å². The van der Waals surface area contributed by atoms with Crippen LogP contribution in [0.3, 0.4) is 0 Å². The number of amides is 1. The van der Waals surface area contributed by atoms with Crippen molar-refractivity contribution in [1.82, 2.24) is 20.3 Å². The number of carbonyl (C=O) groups excluding carboxylic acids is 1. The molecule has 0 aliphatic heterocycles. The number of benzene rings is 2. The second kappa shape index (κ2) is 7.05. The van der Waals surface area contributed by atoms with Gasteiger partial charge < -0.3 is 5.32 Å². The zero-order valence-electron chi connectivity index (χ0n) is 13.7. The Labute approximate surface area is 153 Å². The number of aromatic nitrogens is 3. The van der Waals surface area contributed by atoms with Gasteiger partial charge in [-0.2, -0.15) is 15.0 Å². The van der Waals surface area contributed by atoms with E-state index in [0.717, 1.165) is 15.6 Å². The molecule has 130 valence electrons. The molecule has 1 atom stereocenters. The molecule has 2 heterocycles. The molecule has 4 rings (SSSR count). The average Bonchev–Trinajstić information content (AvgIpc) is 3.31. The first kappa shape index (κ1) is 16.4. The van der Waals surface area contributed by atoms with Crippen molar-refractivity contribution in [3.8, 4) is 0 Å². The average molecular weight is 366 g/mol. The van der Waals surface area contributed by atoms with E-state index in [1.807, 2.05) is 30.3 Å². The molecule has 1 amide bonds. The van der Waals surface area contributed by atoms with E-state index in [1.165, 1.54) is 28.3 Å². The SMILES string of the molecule is O=C(NC(Cn1nccn1)c1ccccc1)c1cc2cc(F)ccc2s1. The lowest BCUT2D eigenvalue weighted by atomic mass is 10.1. The fourth-order valence-electron chi connectivity index (χ4n) is 2.78. The number of fused-ring (bicyclic) bond motifs is 1. The largest absolute Gasteiger partial charge is 0.343 e. The predicted molar refractivity (Wildman–Crippen MR) is 98.5 cm³/mol. The summed E-state index contributed by atoms with van der Waals surface area (Å²) in [5.74, 6) is -0.512. The predicted octanol–water partition coefficient (Wildman–Crippen LogP) is 3.80. The van der Waals surface area contributed by atoms with Gasteiger partial charge in [0.2, 0.25) is 0 Å². The van der Waals surface area contributed by atoms with Crippen molar-refractivity contribution in [3.63, 3.8) is 0 Å². The molecule has 1 N–H and O–H groups in total. The maximum Gasteiger partial charge on any atom is 0.261 e. The summed E-state index contributed by atoms with van der Waals surface area (Å²) in [6.07, 6.45) is 3.20. The van der Waals surface area contributed by atoms with E-state index >= 15 is 0 Å². The van der Waals surface area contributed by atoms with Crippen molar-refractivity contribution in [2.45, 2.75) is 12.6 Å². The van der Waals surface area contributed by atoms with Crippen LogP contribution in [0.1, 0.15) is 21.3 Å². The zero-order chi connectivity index (χ0) is 17.9. The number of halogens is 1. The Morgan fingerprint density at radius 3 is 2.65 bits per heavy atom. The Balaban J connectivity index is 1.60. The maximum atomic E-state index is 13.4. The third-order valence-electron chi connectivity index (χ3n) is 4.02. The Morgan fingerprint density at radius 1 is 1.12 bits per heavy atom. The fraction of sp³-hybridized carbons (Fsp3) is 0.105. The highest BCUT2D eigenvalue weighted by Crippen LogP contribution is 2.27. The molecule has 0 fully saturated rings. The van der Waals surface area contributed by atoms with Crippen molar-refractivity contribution in [3.05, 3.63) is 83.2 Å². The standard InChI is InChI=1S/C19H15FN4OS/c20-15-6-7-17-14(10-15)11-18(26-17)19(25)23-16(12-24-21-8-9-22-24)13-4-2-1-3-5-13/h1-11,16H,12H2,(H,23,25). The summed E-state index contributed by atoms with van der Waals surface area (Å²) < 4.78 is 14.3. The minimum atomic E-state index is -0.311. The summed E-state index contributed by atoms with van der Waals surface area (Å²) >= 11 is 1.34. The highest BCUT2D eigenvalue weighted by Gasteiger charge is 2.19. The molecular weight excluding hydrogens is 351 g/mol. The van der Waals surface area contributed by atoms with Crippen molar-refractivity contribution < 1.29 is 9.18 Å². The number of nitrogens with one attached hydrogen (secondary N) is 1. The summed E-state index contributed by atoms with van der Waals surface area (Å²) in [4.78, 5) is 14.8. The Bertz CT molecular complexity index is 1030. The molecule has 0 radical (unpaired) electrons. The molecule has 26 heavy (non-hydrogen) atoms. The minimum Gasteiger partial charge on any atom is -0.343 e. The smallest absolute Gasteiger partial charge is 0.261 e. The van der Waals surface area contributed by atoms with Crippen LogP contribution < -0.4 is 5.32 Å². The molecule has 5 nitrogen and oxygen atoms in total. The summed E-state index contributed by atoms with van der Waals surface area (Å²) in [5.41, 5.74) is 0.963. The van der Waals surface area contributed by atoms with E-state index in [1.54, 1.807) is 24.5 Å². The van der Waals surface area contributed by atoms with E-state index in [-0.39, 0.29) is 17.8 Å². The van der Waals surface area contributed by atoms with Crippen molar-refractivity contribution >= 4 is 27.3 Å². The van der Waals surface area contributed by atoms with Crippen LogP contribution in [-0.2, 0) is 6.54 Å². The van der Waals surface area contributed by atoms with Crippen molar-refractivity contribution in [2.75, 3.05) is 0 Å². The van der Waals surface area contributed by atoms with Crippen LogP contribution in [0, 0.1) is 5.82 Å². The lowest BCUT2D eigenvalue weighted by Crippen LogP contribution is -2.31. The molecule has 0 spiro atoms. The highest BCUT2D eigenvalue weighted by atomic mass is 32.1. The number of hydrogen-bond acceptors (Lipinski definition) is 4.